The summed E-state index contributed by atoms with van der Waals surface area (Å²) in [5.41, 5.74) is 2.61. The molecule has 3 heteroatoms. The number of hydrogen-bond acceptors (Lipinski definition) is 1. The lowest BCUT2D eigenvalue weighted by Crippen LogP contribution is -1.77. The van der Waals surface area contributed by atoms with Gasteiger partial charge in [-0.3, -0.25) is 4.79 Å². The summed E-state index contributed by atoms with van der Waals surface area (Å²) < 4.78 is 0. The van der Waals surface area contributed by atoms with E-state index in [9.17, 15) is 4.79 Å². The van der Waals surface area contributed by atoms with Crippen LogP contribution in [0.25, 0.3) is 10.9 Å². The summed E-state index contributed by atoms with van der Waals surface area (Å²) in [6, 6.07) is 7.68. The van der Waals surface area contributed by atoms with Crippen molar-refractivity contribution in [2.24, 2.45) is 0 Å². The van der Waals surface area contributed by atoms with E-state index in [1.54, 1.807) is 0 Å². The molecule has 0 radical (unpaired) electrons. The predicted octanol–water partition coefficient (Wildman–Crippen LogP) is 2.72. The SMILES string of the molecule is O=Cc1cc2ccc(CCl)cc2[nH]1. The number of aromatic nitrogens is 1. The molecule has 1 heterocycles. The molecule has 0 aliphatic heterocycles. The lowest BCUT2D eigenvalue weighted by molar-refractivity contribution is 0.112. The number of fused-ring (bicyclic) bond motifs is 1. The molecule has 0 atom stereocenters. The summed E-state index contributed by atoms with van der Waals surface area (Å²) in [5, 5.41) is 1.04. The van der Waals surface area contributed by atoms with E-state index in [1.807, 2.05) is 24.3 Å². The molecule has 1 aromatic carbocycles. The standard InChI is InChI=1S/C10H8ClNO/c11-5-7-1-2-8-4-9(6-13)12-10(8)3-7/h1-4,6,12H,5H2. The van der Waals surface area contributed by atoms with Crippen LogP contribution < -0.4 is 0 Å². The fourth-order valence-electron chi connectivity index (χ4n) is 1.34. The predicted molar refractivity (Wildman–Crippen MR) is 53.2 cm³/mol. The first kappa shape index (κ1) is 8.32. The van der Waals surface area contributed by atoms with Crippen molar-refractivity contribution in [3.8, 4) is 0 Å². The highest BCUT2D eigenvalue weighted by Crippen LogP contribution is 2.17. The molecular formula is C10H8ClNO. The van der Waals surface area contributed by atoms with Gasteiger partial charge in [0.15, 0.2) is 6.29 Å². The number of rotatable bonds is 2. The Balaban J connectivity index is 2.63. The third kappa shape index (κ3) is 1.45. The zero-order valence-electron chi connectivity index (χ0n) is 6.88. The number of H-pyrrole nitrogens is 1. The number of benzene rings is 1. The van der Waals surface area contributed by atoms with Gasteiger partial charge in [-0.25, -0.2) is 0 Å². The van der Waals surface area contributed by atoms with Crippen molar-refractivity contribution in [2.45, 2.75) is 5.88 Å². The molecule has 1 N–H and O–H groups in total. The van der Waals surface area contributed by atoms with E-state index in [0.29, 0.717) is 11.6 Å². The number of hydrogen-bond donors (Lipinski definition) is 1. The van der Waals surface area contributed by atoms with E-state index >= 15 is 0 Å². The topological polar surface area (TPSA) is 32.9 Å². The van der Waals surface area contributed by atoms with Gasteiger partial charge in [-0.15, -0.1) is 11.6 Å². The second-order valence-corrected chi connectivity index (χ2v) is 3.17. The third-order valence-corrected chi connectivity index (χ3v) is 2.30. The average Bonchev–Trinajstić information content (AvgIpc) is 2.58. The minimum Gasteiger partial charge on any atom is -0.352 e. The number of halogens is 1. The van der Waals surface area contributed by atoms with Crippen LogP contribution in [0.1, 0.15) is 16.1 Å². The number of alkyl halides is 1. The summed E-state index contributed by atoms with van der Waals surface area (Å²) in [6.07, 6.45) is 0.806. The Morgan fingerprint density at radius 1 is 1.38 bits per heavy atom. The Morgan fingerprint density at radius 2 is 2.23 bits per heavy atom. The van der Waals surface area contributed by atoms with Crippen LogP contribution in [-0.2, 0) is 5.88 Å². The maximum atomic E-state index is 10.5. The highest BCUT2D eigenvalue weighted by molar-refractivity contribution is 6.17. The number of nitrogens with one attached hydrogen (secondary N) is 1. The Labute approximate surface area is 80.5 Å². The molecule has 13 heavy (non-hydrogen) atoms. The maximum absolute atomic E-state index is 10.5. The molecule has 0 saturated heterocycles. The highest BCUT2D eigenvalue weighted by atomic mass is 35.5. The van der Waals surface area contributed by atoms with Crippen molar-refractivity contribution in [3.05, 3.63) is 35.5 Å². The van der Waals surface area contributed by atoms with Crippen LogP contribution in [0, 0.1) is 0 Å². The van der Waals surface area contributed by atoms with Gasteiger partial charge < -0.3 is 4.98 Å². The zero-order chi connectivity index (χ0) is 9.26. The van der Waals surface area contributed by atoms with Crippen molar-refractivity contribution in [1.82, 2.24) is 4.98 Å². The third-order valence-electron chi connectivity index (χ3n) is 1.99. The number of aldehydes is 1. The van der Waals surface area contributed by atoms with Gasteiger partial charge >= 0.3 is 0 Å². The fourth-order valence-corrected chi connectivity index (χ4v) is 1.51. The van der Waals surface area contributed by atoms with Gasteiger partial charge in [-0.05, 0) is 17.7 Å². The largest absolute Gasteiger partial charge is 0.352 e. The van der Waals surface area contributed by atoms with Gasteiger partial charge in [-0.1, -0.05) is 12.1 Å². The molecular weight excluding hydrogens is 186 g/mol. The van der Waals surface area contributed by atoms with Gasteiger partial charge in [0.2, 0.25) is 0 Å². The van der Waals surface area contributed by atoms with Crippen LogP contribution in [0.4, 0.5) is 0 Å². The number of aromatic amines is 1. The zero-order valence-corrected chi connectivity index (χ0v) is 7.64. The van der Waals surface area contributed by atoms with Gasteiger partial charge in [0.25, 0.3) is 0 Å². The van der Waals surface area contributed by atoms with E-state index in [0.717, 1.165) is 22.8 Å². The lowest BCUT2D eigenvalue weighted by Gasteiger charge is -1.93. The molecule has 66 valence electrons. The average molecular weight is 194 g/mol. The first-order chi connectivity index (χ1) is 6.33. The molecule has 1 aromatic heterocycles. The van der Waals surface area contributed by atoms with Crippen molar-refractivity contribution < 1.29 is 4.79 Å². The summed E-state index contributed by atoms with van der Waals surface area (Å²) in [6.45, 7) is 0. The van der Waals surface area contributed by atoms with E-state index < -0.39 is 0 Å². The van der Waals surface area contributed by atoms with Crippen LogP contribution in [0.2, 0.25) is 0 Å². The van der Waals surface area contributed by atoms with Crippen LogP contribution in [0.15, 0.2) is 24.3 Å². The molecule has 0 aliphatic rings. The van der Waals surface area contributed by atoms with Crippen LogP contribution in [-0.4, -0.2) is 11.3 Å². The molecule has 0 fully saturated rings. The normalized spacial score (nSPS) is 10.5. The van der Waals surface area contributed by atoms with Gasteiger partial charge in [0.05, 0.1) is 5.69 Å². The minimum absolute atomic E-state index is 0.491. The second kappa shape index (κ2) is 3.23. The fraction of sp³-hybridized carbons (Fsp3) is 0.100. The van der Waals surface area contributed by atoms with Gasteiger partial charge in [-0.2, -0.15) is 0 Å². The highest BCUT2D eigenvalue weighted by Gasteiger charge is 1.99. The van der Waals surface area contributed by atoms with Gasteiger partial charge in [0, 0.05) is 16.8 Å². The van der Waals surface area contributed by atoms with E-state index in [-0.39, 0.29) is 0 Å². The monoisotopic (exact) mass is 193 g/mol. The molecule has 0 aliphatic carbocycles. The summed E-state index contributed by atoms with van der Waals surface area (Å²) >= 11 is 5.68. The quantitative estimate of drug-likeness (QED) is 0.577. The molecule has 2 nitrogen and oxygen atoms in total. The Hall–Kier alpha value is -1.28. The van der Waals surface area contributed by atoms with Crippen LogP contribution in [0.5, 0.6) is 0 Å². The van der Waals surface area contributed by atoms with Crippen molar-refractivity contribution in [3.63, 3.8) is 0 Å². The first-order valence-corrected chi connectivity index (χ1v) is 4.50. The lowest BCUT2D eigenvalue weighted by atomic mass is 10.2. The summed E-state index contributed by atoms with van der Waals surface area (Å²) in [5.74, 6) is 0.491. The van der Waals surface area contributed by atoms with E-state index in [1.165, 1.54) is 0 Å². The Morgan fingerprint density at radius 3 is 2.92 bits per heavy atom. The smallest absolute Gasteiger partial charge is 0.166 e. The van der Waals surface area contributed by atoms with Crippen LogP contribution in [0.3, 0.4) is 0 Å². The first-order valence-electron chi connectivity index (χ1n) is 3.96. The summed E-state index contributed by atoms with van der Waals surface area (Å²) in [4.78, 5) is 13.5. The molecule has 2 rings (SSSR count). The Kier molecular flexibility index (Phi) is 2.07. The second-order valence-electron chi connectivity index (χ2n) is 2.90. The molecule has 0 saturated carbocycles. The van der Waals surface area contributed by atoms with Crippen molar-refractivity contribution in [2.75, 3.05) is 0 Å². The van der Waals surface area contributed by atoms with Gasteiger partial charge in [0.1, 0.15) is 0 Å². The molecule has 0 amide bonds. The van der Waals surface area contributed by atoms with E-state index in [4.69, 9.17) is 11.6 Å². The summed E-state index contributed by atoms with van der Waals surface area (Å²) in [7, 11) is 0. The van der Waals surface area contributed by atoms with Crippen molar-refractivity contribution in [1.29, 1.82) is 0 Å². The molecule has 2 aromatic rings. The molecule has 0 bridgehead atoms. The Bertz CT molecular complexity index is 447. The molecule has 0 spiro atoms. The van der Waals surface area contributed by atoms with E-state index in [2.05, 4.69) is 4.98 Å². The van der Waals surface area contributed by atoms with Crippen LogP contribution >= 0.6 is 11.6 Å². The number of carbonyl (C=O) groups is 1. The number of carbonyl (C=O) groups excluding carboxylic acids is 1. The maximum Gasteiger partial charge on any atom is 0.166 e. The molecule has 0 unspecified atom stereocenters. The minimum atomic E-state index is 0.491. The van der Waals surface area contributed by atoms with Crippen molar-refractivity contribution >= 4 is 28.8 Å².